The number of hydrogen-bond acceptors (Lipinski definition) is 4. The van der Waals surface area contributed by atoms with Crippen LogP contribution in [0.15, 0.2) is 53.9 Å². The van der Waals surface area contributed by atoms with Crippen molar-refractivity contribution in [3.8, 4) is 17.0 Å². The lowest BCUT2D eigenvalue weighted by Crippen LogP contribution is -2.14. The molecule has 5 heteroatoms. The Morgan fingerprint density at radius 1 is 1.16 bits per heavy atom. The standard InChI is InChI=1S/C20H20N2O2S/c1-3-14-7-9-16(10-8-14)18-13-25-20(21-18)22-19(23)12-15-5-4-6-17(11-15)24-2/h4-11,13H,3,12H2,1-2H3,(H,21,22,23). The van der Waals surface area contributed by atoms with Crippen molar-refractivity contribution in [2.45, 2.75) is 19.8 Å². The van der Waals surface area contributed by atoms with E-state index in [0.29, 0.717) is 5.13 Å². The number of methoxy groups -OCH3 is 1. The number of ether oxygens (including phenoxy) is 1. The van der Waals surface area contributed by atoms with Crippen LogP contribution in [-0.2, 0) is 17.6 Å². The average Bonchev–Trinajstić information content (AvgIpc) is 3.10. The molecule has 0 atom stereocenters. The molecule has 1 heterocycles. The molecule has 0 radical (unpaired) electrons. The molecular weight excluding hydrogens is 332 g/mol. The summed E-state index contributed by atoms with van der Waals surface area (Å²) in [6.45, 7) is 2.13. The lowest BCUT2D eigenvalue weighted by Gasteiger charge is -2.04. The van der Waals surface area contributed by atoms with Crippen LogP contribution in [-0.4, -0.2) is 18.0 Å². The van der Waals surface area contributed by atoms with Crippen molar-refractivity contribution in [1.82, 2.24) is 4.98 Å². The smallest absolute Gasteiger partial charge is 0.230 e. The fraction of sp³-hybridized carbons (Fsp3) is 0.200. The quantitative estimate of drug-likeness (QED) is 0.707. The van der Waals surface area contributed by atoms with Crippen molar-refractivity contribution < 1.29 is 9.53 Å². The third-order valence-corrected chi connectivity index (χ3v) is 4.67. The average molecular weight is 352 g/mol. The van der Waals surface area contributed by atoms with E-state index >= 15 is 0 Å². The summed E-state index contributed by atoms with van der Waals surface area (Å²) in [5, 5.41) is 5.44. The van der Waals surface area contributed by atoms with Crippen LogP contribution in [0.1, 0.15) is 18.1 Å². The van der Waals surface area contributed by atoms with Crippen molar-refractivity contribution in [3.63, 3.8) is 0 Å². The molecule has 2 aromatic carbocycles. The Morgan fingerprint density at radius 2 is 1.96 bits per heavy atom. The molecule has 0 aliphatic rings. The normalized spacial score (nSPS) is 10.5. The fourth-order valence-electron chi connectivity index (χ4n) is 2.51. The molecule has 0 saturated carbocycles. The first-order chi connectivity index (χ1) is 12.2. The maximum atomic E-state index is 12.2. The highest BCUT2D eigenvalue weighted by Crippen LogP contribution is 2.25. The summed E-state index contributed by atoms with van der Waals surface area (Å²) in [4.78, 5) is 16.7. The lowest BCUT2D eigenvalue weighted by molar-refractivity contribution is -0.115. The van der Waals surface area contributed by atoms with Gasteiger partial charge in [0.1, 0.15) is 5.75 Å². The number of aromatic nitrogens is 1. The van der Waals surface area contributed by atoms with Gasteiger partial charge in [0.15, 0.2) is 5.13 Å². The van der Waals surface area contributed by atoms with Crippen molar-refractivity contribution in [2.75, 3.05) is 12.4 Å². The number of thiazole rings is 1. The molecule has 1 aromatic heterocycles. The van der Waals surface area contributed by atoms with Gasteiger partial charge in [-0.25, -0.2) is 4.98 Å². The van der Waals surface area contributed by atoms with Crippen LogP contribution in [0.5, 0.6) is 5.75 Å². The molecule has 0 spiro atoms. The molecule has 0 aliphatic heterocycles. The van der Waals surface area contributed by atoms with Gasteiger partial charge in [0.05, 0.1) is 19.2 Å². The zero-order valence-electron chi connectivity index (χ0n) is 14.3. The second-order valence-corrected chi connectivity index (χ2v) is 6.52. The number of nitrogens with one attached hydrogen (secondary N) is 1. The van der Waals surface area contributed by atoms with Gasteiger partial charge in [-0.15, -0.1) is 11.3 Å². The first-order valence-electron chi connectivity index (χ1n) is 8.15. The maximum Gasteiger partial charge on any atom is 0.230 e. The molecule has 25 heavy (non-hydrogen) atoms. The third-order valence-electron chi connectivity index (χ3n) is 3.91. The molecule has 3 aromatic rings. The van der Waals surface area contributed by atoms with Crippen LogP contribution in [0.4, 0.5) is 5.13 Å². The van der Waals surface area contributed by atoms with Crippen molar-refractivity contribution >= 4 is 22.4 Å². The van der Waals surface area contributed by atoms with Gasteiger partial charge in [-0.1, -0.05) is 43.3 Å². The van der Waals surface area contributed by atoms with E-state index in [1.54, 1.807) is 7.11 Å². The Bertz CT molecular complexity index is 856. The molecule has 0 fully saturated rings. The van der Waals surface area contributed by atoms with Crippen LogP contribution in [0.25, 0.3) is 11.3 Å². The van der Waals surface area contributed by atoms with E-state index in [1.807, 2.05) is 29.6 Å². The monoisotopic (exact) mass is 352 g/mol. The zero-order valence-corrected chi connectivity index (χ0v) is 15.1. The van der Waals surface area contributed by atoms with Gasteiger partial charge in [0.25, 0.3) is 0 Å². The Morgan fingerprint density at radius 3 is 2.68 bits per heavy atom. The SMILES string of the molecule is CCc1ccc(-c2csc(NC(=O)Cc3cccc(OC)c3)n2)cc1. The molecule has 0 bridgehead atoms. The summed E-state index contributed by atoms with van der Waals surface area (Å²) in [6, 6.07) is 15.9. The molecule has 3 rings (SSSR count). The second-order valence-electron chi connectivity index (χ2n) is 5.66. The molecule has 0 unspecified atom stereocenters. The predicted octanol–water partition coefficient (Wildman–Crippen LogP) is 4.56. The van der Waals surface area contributed by atoms with Crippen LogP contribution < -0.4 is 10.1 Å². The van der Waals surface area contributed by atoms with E-state index in [2.05, 4.69) is 41.5 Å². The summed E-state index contributed by atoms with van der Waals surface area (Å²) >= 11 is 1.43. The summed E-state index contributed by atoms with van der Waals surface area (Å²) in [5.74, 6) is 0.660. The number of carbonyl (C=O) groups excluding carboxylic acids is 1. The number of hydrogen-bond donors (Lipinski definition) is 1. The van der Waals surface area contributed by atoms with Crippen LogP contribution in [0.3, 0.4) is 0 Å². The highest BCUT2D eigenvalue weighted by Gasteiger charge is 2.09. The number of carbonyl (C=O) groups is 1. The Kier molecular flexibility index (Phi) is 5.46. The van der Waals surface area contributed by atoms with Crippen LogP contribution in [0.2, 0.25) is 0 Å². The van der Waals surface area contributed by atoms with Gasteiger partial charge in [0, 0.05) is 10.9 Å². The summed E-state index contributed by atoms with van der Waals surface area (Å²) < 4.78 is 5.18. The van der Waals surface area contributed by atoms with Gasteiger partial charge >= 0.3 is 0 Å². The van der Waals surface area contributed by atoms with Gasteiger partial charge in [-0.05, 0) is 29.7 Å². The Hall–Kier alpha value is -2.66. The van der Waals surface area contributed by atoms with Gasteiger partial charge < -0.3 is 10.1 Å². The molecule has 1 amide bonds. The summed E-state index contributed by atoms with van der Waals surface area (Å²) in [7, 11) is 1.61. The number of aryl methyl sites for hydroxylation is 1. The minimum Gasteiger partial charge on any atom is -0.497 e. The first kappa shape index (κ1) is 17.2. The third kappa shape index (κ3) is 4.45. The Labute approximate surface area is 151 Å². The van der Waals surface area contributed by atoms with E-state index in [4.69, 9.17) is 4.74 Å². The lowest BCUT2D eigenvalue weighted by atomic mass is 10.1. The van der Waals surface area contributed by atoms with E-state index in [0.717, 1.165) is 29.0 Å². The largest absolute Gasteiger partial charge is 0.497 e. The first-order valence-corrected chi connectivity index (χ1v) is 9.03. The predicted molar refractivity (Wildman–Crippen MR) is 102 cm³/mol. The zero-order chi connectivity index (χ0) is 17.6. The molecular formula is C20H20N2O2S. The van der Waals surface area contributed by atoms with Gasteiger partial charge in [-0.3, -0.25) is 4.79 Å². The number of nitrogens with zero attached hydrogens (tertiary/aromatic N) is 1. The number of rotatable bonds is 6. The topological polar surface area (TPSA) is 51.2 Å². The second kappa shape index (κ2) is 7.94. The molecule has 4 nitrogen and oxygen atoms in total. The Balaban J connectivity index is 1.64. The van der Waals surface area contributed by atoms with Crippen molar-refractivity contribution in [2.24, 2.45) is 0 Å². The minimum atomic E-state index is -0.0875. The number of amides is 1. The maximum absolute atomic E-state index is 12.2. The summed E-state index contributed by atoms with van der Waals surface area (Å²) in [5.41, 5.74) is 4.14. The molecule has 0 aliphatic carbocycles. The van der Waals surface area contributed by atoms with E-state index < -0.39 is 0 Å². The summed E-state index contributed by atoms with van der Waals surface area (Å²) in [6.07, 6.45) is 1.31. The molecule has 128 valence electrons. The minimum absolute atomic E-state index is 0.0875. The van der Waals surface area contributed by atoms with Crippen LogP contribution >= 0.6 is 11.3 Å². The van der Waals surface area contributed by atoms with E-state index in [1.165, 1.54) is 16.9 Å². The van der Waals surface area contributed by atoms with Crippen LogP contribution in [0, 0.1) is 0 Å². The molecule has 1 N–H and O–H groups in total. The fourth-order valence-corrected chi connectivity index (χ4v) is 3.24. The number of benzene rings is 2. The van der Waals surface area contributed by atoms with Crippen molar-refractivity contribution in [1.29, 1.82) is 0 Å². The molecule has 0 saturated heterocycles. The number of anilines is 1. The highest BCUT2D eigenvalue weighted by atomic mass is 32.1. The van der Waals surface area contributed by atoms with E-state index in [-0.39, 0.29) is 12.3 Å². The van der Waals surface area contributed by atoms with E-state index in [9.17, 15) is 4.79 Å². The van der Waals surface area contributed by atoms with Gasteiger partial charge in [-0.2, -0.15) is 0 Å². The van der Waals surface area contributed by atoms with Crippen molar-refractivity contribution in [3.05, 3.63) is 65.0 Å². The highest BCUT2D eigenvalue weighted by molar-refractivity contribution is 7.14. The van der Waals surface area contributed by atoms with Gasteiger partial charge in [0.2, 0.25) is 5.91 Å².